The minimum Gasteiger partial charge on any atom is -0.376 e. The Balaban J connectivity index is 1.74. The molecule has 0 bridgehead atoms. The third-order valence-electron chi connectivity index (χ3n) is 3.74. The summed E-state index contributed by atoms with van der Waals surface area (Å²) in [7, 11) is 0. The highest BCUT2D eigenvalue weighted by atomic mass is 16.2. The van der Waals surface area contributed by atoms with Gasteiger partial charge in [-0.15, -0.1) is 0 Å². The molecule has 2 N–H and O–H groups in total. The van der Waals surface area contributed by atoms with Gasteiger partial charge in [-0.25, -0.2) is 0 Å². The van der Waals surface area contributed by atoms with Crippen molar-refractivity contribution < 1.29 is 4.79 Å². The van der Waals surface area contributed by atoms with Gasteiger partial charge in [0.2, 0.25) is 5.91 Å². The number of carbonyl (C=O) groups excluding carboxylic acids is 1. The van der Waals surface area contributed by atoms with Crippen LogP contribution < -0.4 is 10.6 Å². The second kappa shape index (κ2) is 6.10. The first kappa shape index (κ1) is 13.8. The number of fused-ring (bicyclic) bond motifs is 1. The Morgan fingerprint density at radius 2 is 2.10 bits per heavy atom. The molecular formula is C16H20N4O. The van der Waals surface area contributed by atoms with Crippen molar-refractivity contribution in [2.24, 2.45) is 0 Å². The molecule has 1 fully saturated rings. The van der Waals surface area contributed by atoms with E-state index in [1.165, 1.54) is 0 Å². The smallest absolute Gasteiger partial charge is 0.241 e. The quantitative estimate of drug-likeness (QED) is 0.894. The first-order valence-electron chi connectivity index (χ1n) is 7.33. The Morgan fingerprint density at radius 3 is 2.90 bits per heavy atom. The molecule has 0 saturated carbocycles. The number of amides is 1. The monoisotopic (exact) mass is 284 g/mol. The highest BCUT2D eigenvalue weighted by Crippen LogP contribution is 2.22. The lowest BCUT2D eigenvalue weighted by Crippen LogP contribution is -2.48. The molecule has 5 heteroatoms. The van der Waals surface area contributed by atoms with Gasteiger partial charge in [0, 0.05) is 42.9 Å². The first-order valence-corrected chi connectivity index (χ1v) is 7.33. The molecule has 1 aromatic carbocycles. The molecule has 1 amide bonds. The van der Waals surface area contributed by atoms with Crippen LogP contribution in [0.15, 0.2) is 30.3 Å². The van der Waals surface area contributed by atoms with Crippen molar-refractivity contribution >= 4 is 22.5 Å². The number of anilines is 1. The molecule has 0 unspecified atom stereocenters. The van der Waals surface area contributed by atoms with E-state index in [-0.39, 0.29) is 5.91 Å². The number of nitrogens with zero attached hydrogens (tertiary/aromatic N) is 2. The number of piperazine rings is 1. The van der Waals surface area contributed by atoms with Crippen molar-refractivity contribution in [3.63, 3.8) is 0 Å². The summed E-state index contributed by atoms with van der Waals surface area (Å²) in [4.78, 5) is 18.6. The molecule has 21 heavy (non-hydrogen) atoms. The maximum Gasteiger partial charge on any atom is 0.241 e. The van der Waals surface area contributed by atoms with Gasteiger partial charge in [-0.3, -0.25) is 9.78 Å². The number of hydrogen-bond donors (Lipinski definition) is 2. The largest absolute Gasteiger partial charge is 0.376 e. The molecule has 0 spiro atoms. The lowest BCUT2D eigenvalue weighted by Gasteiger charge is -2.27. The highest BCUT2D eigenvalue weighted by Gasteiger charge is 2.16. The number of hydrogen-bond acceptors (Lipinski definition) is 4. The Kier molecular flexibility index (Phi) is 4.01. The van der Waals surface area contributed by atoms with Gasteiger partial charge in [0.05, 0.1) is 12.1 Å². The Hall–Kier alpha value is -2.14. The third-order valence-corrected chi connectivity index (χ3v) is 3.74. The van der Waals surface area contributed by atoms with Crippen LogP contribution in [0, 0.1) is 6.92 Å². The molecule has 2 heterocycles. The molecule has 5 nitrogen and oxygen atoms in total. The standard InChI is InChI=1S/C16H20N4O/c1-12-10-15(13-4-2-3-5-14(13)19-12)18-11-16(21)20-8-6-17-7-9-20/h2-5,10,17H,6-9,11H2,1H3,(H,18,19). The van der Waals surface area contributed by atoms with Crippen molar-refractivity contribution in [2.45, 2.75) is 6.92 Å². The number of benzene rings is 1. The predicted molar refractivity (Wildman–Crippen MR) is 84.4 cm³/mol. The fraction of sp³-hybridized carbons (Fsp3) is 0.375. The Morgan fingerprint density at radius 1 is 1.33 bits per heavy atom. The molecule has 1 saturated heterocycles. The lowest BCUT2D eigenvalue weighted by atomic mass is 10.1. The van der Waals surface area contributed by atoms with Crippen LogP contribution in [0.1, 0.15) is 5.69 Å². The molecule has 110 valence electrons. The number of rotatable bonds is 3. The van der Waals surface area contributed by atoms with Crippen molar-refractivity contribution in [1.82, 2.24) is 15.2 Å². The van der Waals surface area contributed by atoms with E-state index in [0.717, 1.165) is 48.5 Å². The SMILES string of the molecule is Cc1cc(NCC(=O)N2CCNCC2)c2ccccc2n1. The molecule has 1 aliphatic heterocycles. The van der Waals surface area contributed by atoms with Crippen LogP contribution in [0.5, 0.6) is 0 Å². The number of aryl methyl sites for hydroxylation is 1. The van der Waals surface area contributed by atoms with E-state index < -0.39 is 0 Å². The molecule has 0 radical (unpaired) electrons. The van der Waals surface area contributed by atoms with Crippen LogP contribution in [0.2, 0.25) is 0 Å². The topological polar surface area (TPSA) is 57.3 Å². The molecule has 0 atom stereocenters. The highest BCUT2D eigenvalue weighted by molar-refractivity contribution is 5.93. The van der Waals surface area contributed by atoms with E-state index in [9.17, 15) is 4.79 Å². The zero-order valence-corrected chi connectivity index (χ0v) is 12.2. The van der Waals surface area contributed by atoms with Crippen LogP contribution in [-0.4, -0.2) is 48.5 Å². The molecule has 1 aromatic heterocycles. The van der Waals surface area contributed by atoms with E-state index in [2.05, 4.69) is 15.6 Å². The summed E-state index contributed by atoms with van der Waals surface area (Å²) in [6.07, 6.45) is 0. The van der Waals surface area contributed by atoms with Crippen molar-refractivity contribution in [1.29, 1.82) is 0 Å². The average Bonchev–Trinajstić information content (AvgIpc) is 2.53. The lowest BCUT2D eigenvalue weighted by molar-refractivity contribution is -0.129. The van der Waals surface area contributed by atoms with Gasteiger partial charge >= 0.3 is 0 Å². The van der Waals surface area contributed by atoms with Gasteiger partial charge in [0.1, 0.15) is 0 Å². The minimum absolute atomic E-state index is 0.148. The van der Waals surface area contributed by atoms with Crippen LogP contribution in [-0.2, 0) is 4.79 Å². The first-order chi connectivity index (χ1) is 10.2. The summed E-state index contributed by atoms with van der Waals surface area (Å²) < 4.78 is 0. The number of para-hydroxylation sites is 1. The van der Waals surface area contributed by atoms with Crippen LogP contribution in [0.3, 0.4) is 0 Å². The number of pyridine rings is 1. The van der Waals surface area contributed by atoms with E-state index in [0.29, 0.717) is 6.54 Å². The second-order valence-corrected chi connectivity index (χ2v) is 5.31. The van der Waals surface area contributed by atoms with Crippen LogP contribution >= 0.6 is 0 Å². The van der Waals surface area contributed by atoms with Crippen LogP contribution in [0.4, 0.5) is 5.69 Å². The molecule has 1 aliphatic rings. The van der Waals surface area contributed by atoms with E-state index in [1.807, 2.05) is 42.2 Å². The minimum atomic E-state index is 0.148. The molecule has 0 aliphatic carbocycles. The van der Waals surface area contributed by atoms with E-state index >= 15 is 0 Å². The van der Waals surface area contributed by atoms with Crippen molar-refractivity contribution in [3.8, 4) is 0 Å². The second-order valence-electron chi connectivity index (χ2n) is 5.31. The van der Waals surface area contributed by atoms with E-state index in [1.54, 1.807) is 0 Å². The third kappa shape index (κ3) is 3.13. The fourth-order valence-corrected chi connectivity index (χ4v) is 2.65. The number of nitrogens with one attached hydrogen (secondary N) is 2. The van der Waals surface area contributed by atoms with Crippen molar-refractivity contribution in [2.75, 3.05) is 38.0 Å². The maximum absolute atomic E-state index is 12.2. The molecule has 3 rings (SSSR count). The Bertz CT molecular complexity index is 650. The van der Waals surface area contributed by atoms with Crippen LogP contribution in [0.25, 0.3) is 10.9 Å². The van der Waals surface area contributed by atoms with Gasteiger partial charge in [-0.2, -0.15) is 0 Å². The van der Waals surface area contributed by atoms with Gasteiger partial charge in [0.15, 0.2) is 0 Å². The summed E-state index contributed by atoms with van der Waals surface area (Å²) in [6, 6.07) is 9.98. The van der Waals surface area contributed by atoms with E-state index in [4.69, 9.17) is 0 Å². The normalized spacial score (nSPS) is 15.2. The summed E-state index contributed by atoms with van der Waals surface area (Å²) in [6.45, 7) is 5.63. The fourth-order valence-electron chi connectivity index (χ4n) is 2.65. The average molecular weight is 284 g/mol. The summed E-state index contributed by atoms with van der Waals surface area (Å²) >= 11 is 0. The van der Waals surface area contributed by atoms with Gasteiger partial charge < -0.3 is 15.5 Å². The predicted octanol–water partition coefficient (Wildman–Crippen LogP) is 1.39. The zero-order valence-electron chi connectivity index (χ0n) is 12.2. The molecular weight excluding hydrogens is 264 g/mol. The zero-order chi connectivity index (χ0) is 14.7. The summed E-state index contributed by atoms with van der Waals surface area (Å²) in [5, 5.41) is 7.58. The van der Waals surface area contributed by atoms with Gasteiger partial charge in [-0.1, -0.05) is 18.2 Å². The van der Waals surface area contributed by atoms with Crippen molar-refractivity contribution in [3.05, 3.63) is 36.0 Å². The molecule has 2 aromatic rings. The summed E-state index contributed by atoms with van der Waals surface area (Å²) in [5.74, 6) is 0.148. The number of carbonyl (C=O) groups is 1. The summed E-state index contributed by atoms with van der Waals surface area (Å²) in [5.41, 5.74) is 2.88. The van der Waals surface area contributed by atoms with Gasteiger partial charge in [0.25, 0.3) is 0 Å². The Labute approximate surface area is 124 Å². The maximum atomic E-state index is 12.2. The van der Waals surface area contributed by atoms with Gasteiger partial charge in [-0.05, 0) is 19.1 Å². The number of aromatic nitrogens is 1.